The van der Waals surface area contributed by atoms with Crippen molar-refractivity contribution >= 4 is 23.1 Å². The first-order valence-corrected chi connectivity index (χ1v) is 6.84. The number of anilines is 2. The van der Waals surface area contributed by atoms with Crippen molar-refractivity contribution in [2.24, 2.45) is 0 Å². The number of hydrogen-bond acceptors (Lipinski definition) is 4. The molecule has 1 heterocycles. The highest BCUT2D eigenvalue weighted by atomic mass is 35.5. The number of hydrogen-bond donors (Lipinski definition) is 0. The summed E-state index contributed by atoms with van der Waals surface area (Å²) in [5.41, 5.74) is 1.89. The van der Waals surface area contributed by atoms with E-state index in [1.807, 2.05) is 42.2 Å². The van der Waals surface area contributed by atoms with Crippen LogP contribution in [0.15, 0.2) is 36.7 Å². The van der Waals surface area contributed by atoms with Gasteiger partial charge >= 0.3 is 0 Å². The van der Waals surface area contributed by atoms with Crippen molar-refractivity contribution in [3.63, 3.8) is 0 Å². The summed E-state index contributed by atoms with van der Waals surface area (Å²) < 4.78 is 0. The van der Waals surface area contributed by atoms with E-state index in [2.05, 4.69) is 16.0 Å². The summed E-state index contributed by atoms with van der Waals surface area (Å²) in [6.07, 6.45) is 2.61. The standard InChI is InChI=1S/C15H15ClN4/c1-2-13-14(16)18-11-19-15(13)20(10-6-9-17)12-7-4-3-5-8-12/h3-5,7-8,11H,2,6,10H2,1H3. The molecular weight excluding hydrogens is 272 g/mol. The van der Waals surface area contributed by atoms with Gasteiger partial charge in [0.15, 0.2) is 0 Å². The van der Waals surface area contributed by atoms with Crippen LogP contribution in [0.2, 0.25) is 5.15 Å². The summed E-state index contributed by atoms with van der Waals surface area (Å²) in [6, 6.07) is 12.0. The second-order valence-electron chi connectivity index (χ2n) is 4.22. The van der Waals surface area contributed by atoms with Gasteiger partial charge in [-0.25, -0.2) is 9.97 Å². The molecule has 0 aliphatic rings. The third-order valence-corrected chi connectivity index (χ3v) is 3.32. The first-order valence-electron chi connectivity index (χ1n) is 6.46. The van der Waals surface area contributed by atoms with E-state index in [4.69, 9.17) is 16.9 Å². The van der Waals surface area contributed by atoms with Gasteiger partial charge in [-0.1, -0.05) is 36.7 Å². The number of nitrogens with zero attached hydrogens (tertiary/aromatic N) is 4. The minimum Gasteiger partial charge on any atom is -0.325 e. The van der Waals surface area contributed by atoms with Crippen molar-refractivity contribution in [1.29, 1.82) is 5.26 Å². The molecule has 20 heavy (non-hydrogen) atoms. The largest absolute Gasteiger partial charge is 0.325 e. The van der Waals surface area contributed by atoms with Crippen molar-refractivity contribution in [1.82, 2.24) is 9.97 Å². The van der Waals surface area contributed by atoms with Gasteiger partial charge in [0.05, 0.1) is 12.5 Å². The lowest BCUT2D eigenvalue weighted by molar-refractivity contribution is 0.899. The van der Waals surface area contributed by atoms with Crippen molar-refractivity contribution in [3.8, 4) is 6.07 Å². The van der Waals surface area contributed by atoms with Crippen LogP contribution in [0.25, 0.3) is 0 Å². The molecule has 102 valence electrons. The van der Waals surface area contributed by atoms with E-state index in [1.165, 1.54) is 6.33 Å². The lowest BCUT2D eigenvalue weighted by Gasteiger charge is -2.25. The van der Waals surface area contributed by atoms with E-state index >= 15 is 0 Å². The fourth-order valence-corrected chi connectivity index (χ4v) is 2.31. The van der Waals surface area contributed by atoms with Gasteiger partial charge < -0.3 is 4.90 Å². The highest BCUT2D eigenvalue weighted by molar-refractivity contribution is 6.30. The summed E-state index contributed by atoms with van der Waals surface area (Å²) in [5, 5.41) is 9.32. The zero-order chi connectivity index (χ0) is 14.4. The predicted octanol–water partition coefficient (Wildman–Crippen LogP) is 3.74. The maximum absolute atomic E-state index is 8.85. The van der Waals surface area contributed by atoms with Crippen molar-refractivity contribution in [2.75, 3.05) is 11.4 Å². The van der Waals surface area contributed by atoms with Crippen LogP contribution < -0.4 is 4.90 Å². The van der Waals surface area contributed by atoms with Gasteiger partial charge in [0.25, 0.3) is 0 Å². The molecule has 0 aliphatic carbocycles. The minimum atomic E-state index is 0.416. The van der Waals surface area contributed by atoms with Crippen LogP contribution in [-0.2, 0) is 6.42 Å². The fourth-order valence-electron chi connectivity index (χ4n) is 2.05. The number of benzene rings is 1. The molecule has 4 nitrogen and oxygen atoms in total. The average Bonchev–Trinajstić information content (AvgIpc) is 2.49. The molecule has 5 heteroatoms. The Balaban J connectivity index is 2.47. The number of rotatable bonds is 5. The van der Waals surface area contributed by atoms with Crippen molar-refractivity contribution in [2.45, 2.75) is 19.8 Å². The molecule has 0 spiro atoms. The van der Waals surface area contributed by atoms with Crippen LogP contribution >= 0.6 is 11.6 Å². The number of nitriles is 1. The van der Waals surface area contributed by atoms with Crippen molar-refractivity contribution < 1.29 is 0 Å². The molecule has 0 atom stereocenters. The van der Waals surface area contributed by atoms with E-state index < -0.39 is 0 Å². The molecule has 0 saturated carbocycles. The van der Waals surface area contributed by atoms with Crippen LogP contribution in [0.3, 0.4) is 0 Å². The number of para-hydroxylation sites is 1. The molecule has 0 bridgehead atoms. The highest BCUT2D eigenvalue weighted by Gasteiger charge is 2.16. The second kappa shape index (κ2) is 6.88. The Morgan fingerprint density at radius 1 is 1.25 bits per heavy atom. The van der Waals surface area contributed by atoms with Gasteiger partial charge in [0.2, 0.25) is 0 Å². The van der Waals surface area contributed by atoms with E-state index in [-0.39, 0.29) is 0 Å². The van der Waals surface area contributed by atoms with Gasteiger partial charge in [0.1, 0.15) is 17.3 Å². The van der Waals surface area contributed by atoms with Gasteiger partial charge in [0, 0.05) is 17.8 Å². The molecule has 0 amide bonds. The SMILES string of the molecule is CCc1c(Cl)ncnc1N(CCC#N)c1ccccc1. The van der Waals surface area contributed by atoms with Crippen LogP contribution in [0.1, 0.15) is 18.9 Å². The Kier molecular flexibility index (Phi) is 4.91. The number of halogens is 1. The Labute approximate surface area is 123 Å². The quantitative estimate of drug-likeness (QED) is 0.786. The van der Waals surface area contributed by atoms with Gasteiger partial charge in [-0.15, -0.1) is 0 Å². The molecule has 0 saturated heterocycles. The van der Waals surface area contributed by atoms with E-state index in [1.54, 1.807) is 0 Å². The van der Waals surface area contributed by atoms with Crippen LogP contribution in [0.4, 0.5) is 11.5 Å². The molecule has 1 aromatic heterocycles. The monoisotopic (exact) mass is 286 g/mol. The molecule has 0 aliphatic heterocycles. The molecule has 0 N–H and O–H groups in total. The highest BCUT2D eigenvalue weighted by Crippen LogP contribution is 2.29. The van der Waals surface area contributed by atoms with Gasteiger partial charge in [-0.2, -0.15) is 5.26 Å². The molecule has 0 radical (unpaired) electrons. The fraction of sp³-hybridized carbons (Fsp3) is 0.267. The molecule has 2 rings (SSSR count). The van der Waals surface area contributed by atoms with Gasteiger partial charge in [-0.05, 0) is 18.6 Å². The normalized spacial score (nSPS) is 10.1. The van der Waals surface area contributed by atoms with E-state index in [0.717, 1.165) is 23.5 Å². The summed E-state index contributed by atoms with van der Waals surface area (Å²) >= 11 is 6.15. The third-order valence-electron chi connectivity index (χ3n) is 2.99. The Morgan fingerprint density at radius 3 is 2.65 bits per heavy atom. The molecular formula is C15H15ClN4. The van der Waals surface area contributed by atoms with Crippen LogP contribution in [-0.4, -0.2) is 16.5 Å². The van der Waals surface area contributed by atoms with Crippen molar-refractivity contribution in [3.05, 3.63) is 47.4 Å². The maximum Gasteiger partial charge on any atom is 0.141 e. The predicted molar refractivity (Wildman–Crippen MR) is 80.1 cm³/mol. The minimum absolute atomic E-state index is 0.416. The Bertz CT molecular complexity index is 607. The lowest BCUT2D eigenvalue weighted by atomic mass is 10.2. The molecule has 0 unspecified atom stereocenters. The Morgan fingerprint density at radius 2 is 2.00 bits per heavy atom. The zero-order valence-electron chi connectivity index (χ0n) is 11.3. The zero-order valence-corrected chi connectivity index (χ0v) is 12.0. The Hall–Kier alpha value is -2.12. The third kappa shape index (κ3) is 3.06. The molecule has 2 aromatic rings. The smallest absolute Gasteiger partial charge is 0.141 e. The second-order valence-corrected chi connectivity index (χ2v) is 4.57. The molecule has 0 fully saturated rings. The van der Waals surface area contributed by atoms with Crippen LogP contribution in [0.5, 0.6) is 0 Å². The molecule has 1 aromatic carbocycles. The first kappa shape index (κ1) is 14.3. The maximum atomic E-state index is 8.85. The van der Waals surface area contributed by atoms with E-state index in [0.29, 0.717) is 18.1 Å². The summed E-state index contributed by atoms with van der Waals surface area (Å²) in [5.74, 6) is 0.772. The number of aromatic nitrogens is 2. The first-order chi connectivity index (χ1) is 9.77. The summed E-state index contributed by atoms with van der Waals surface area (Å²) in [7, 11) is 0. The van der Waals surface area contributed by atoms with Crippen LogP contribution in [0, 0.1) is 11.3 Å². The summed E-state index contributed by atoms with van der Waals surface area (Å²) in [4.78, 5) is 10.4. The lowest BCUT2D eigenvalue weighted by Crippen LogP contribution is -2.21. The summed E-state index contributed by atoms with van der Waals surface area (Å²) in [6.45, 7) is 2.59. The topological polar surface area (TPSA) is 52.8 Å². The average molecular weight is 287 g/mol. The van der Waals surface area contributed by atoms with E-state index in [9.17, 15) is 0 Å². The van der Waals surface area contributed by atoms with Gasteiger partial charge in [-0.3, -0.25) is 0 Å².